The summed E-state index contributed by atoms with van der Waals surface area (Å²) in [5.41, 5.74) is 13.3. The minimum atomic E-state index is -0.527. The minimum absolute atomic E-state index is 0.153. The second kappa shape index (κ2) is 9.68. The molecule has 0 fully saturated rings. The summed E-state index contributed by atoms with van der Waals surface area (Å²) in [5.74, 6) is 0.627. The third-order valence-corrected chi connectivity index (χ3v) is 3.84. The van der Waals surface area contributed by atoms with Gasteiger partial charge in [0.1, 0.15) is 23.0 Å². The summed E-state index contributed by atoms with van der Waals surface area (Å²) in [7, 11) is 0. The van der Waals surface area contributed by atoms with E-state index in [1.54, 1.807) is 50.2 Å². The number of esters is 2. The fourth-order valence-corrected chi connectivity index (χ4v) is 2.27. The van der Waals surface area contributed by atoms with E-state index in [9.17, 15) is 9.59 Å². The highest BCUT2D eigenvalue weighted by Crippen LogP contribution is 2.31. The zero-order valence-electron chi connectivity index (χ0n) is 16.5. The quantitative estimate of drug-likeness (QED) is 0.399. The number of carbonyl (C=O) groups is 2. The molecule has 2 rings (SSSR count). The average Bonchev–Trinajstić information content (AvgIpc) is 2.69. The summed E-state index contributed by atoms with van der Waals surface area (Å²) in [4.78, 5) is 23.5. The number of rotatable bonds is 8. The van der Waals surface area contributed by atoms with Crippen LogP contribution >= 0.6 is 0 Å². The normalized spacial score (nSPS) is 10.2. The van der Waals surface area contributed by atoms with E-state index in [0.717, 1.165) is 0 Å². The van der Waals surface area contributed by atoms with Crippen LogP contribution in [0.25, 0.3) is 0 Å². The van der Waals surface area contributed by atoms with E-state index in [0.29, 0.717) is 34.1 Å². The summed E-state index contributed by atoms with van der Waals surface area (Å²) in [6, 6.07) is 9.86. The van der Waals surface area contributed by atoms with E-state index in [1.807, 2.05) is 0 Å². The molecule has 0 unspecified atom stereocenters. The van der Waals surface area contributed by atoms with Crippen molar-refractivity contribution in [1.82, 2.24) is 0 Å². The molecular weight excluding hydrogens is 372 g/mol. The molecule has 4 N–H and O–H groups in total. The molecule has 2 aromatic rings. The predicted octanol–water partition coefficient (Wildman–Crippen LogP) is 3.36. The lowest BCUT2D eigenvalue weighted by Crippen LogP contribution is -2.11. The summed E-state index contributed by atoms with van der Waals surface area (Å²) >= 11 is 0. The summed E-state index contributed by atoms with van der Waals surface area (Å²) < 4.78 is 16.4. The predicted molar refractivity (Wildman–Crippen MR) is 110 cm³/mol. The summed E-state index contributed by atoms with van der Waals surface area (Å²) in [5, 5.41) is 0. The molecule has 0 amide bonds. The number of carbonyl (C=O) groups excluding carboxylic acids is 2. The number of nitrogens with two attached hydrogens (primary N) is 2. The maximum absolute atomic E-state index is 11.7. The zero-order valence-corrected chi connectivity index (χ0v) is 16.5. The highest BCUT2D eigenvalue weighted by atomic mass is 16.5. The lowest BCUT2D eigenvalue weighted by molar-refractivity contribution is -0.131. The molecule has 0 radical (unpaired) electrons. The van der Waals surface area contributed by atoms with Crippen molar-refractivity contribution in [2.24, 2.45) is 11.5 Å². The van der Waals surface area contributed by atoms with Crippen LogP contribution in [0.5, 0.6) is 23.0 Å². The van der Waals surface area contributed by atoms with Crippen LogP contribution in [0.15, 0.2) is 60.7 Å². The molecule has 0 saturated heterocycles. The summed E-state index contributed by atoms with van der Waals surface area (Å²) in [6.45, 7) is 10.5. The van der Waals surface area contributed by atoms with Gasteiger partial charge >= 0.3 is 11.9 Å². The lowest BCUT2D eigenvalue weighted by Gasteiger charge is -2.14. The van der Waals surface area contributed by atoms with Crippen LogP contribution in [-0.2, 0) is 22.7 Å². The Bertz CT molecular complexity index is 888. The smallest absolute Gasteiger partial charge is 0.338 e. The molecule has 152 valence electrons. The van der Waals surface area contributed by atoms with Crippen LogP contribution in [0.1, 0.15) is 25.0 Å². The van der Waals surface area contributed by atoms with Gasteiger partial charge in [0.15, 0.2) is 0 Å². The van der Waals surface area contributed by atoms with Crippen molar-refractivity contribution in [3.05, 3.63) is 71.8 Å². The molecule has 0 aliphatic rings. The molecule has 0 aliphatic heterocycles. The molecule has 0 atom stereocenters. The standard InChI is InChI=1S/C22H24N2O5/c1-13(2)21(25)28-19-7-5-17(9-15(19)11-23)27-18-6-8-20(16(10-18)12-24)29-22(26)14(3)4/h5-10H,1,3,11-12,23-24H2,2,4H3. The minimum Gasteiger partial charge on any atom is -0.457 e. The Balaban J connectivity index is 2.22. The van der Waals surface area contributed by atoms with Crippen molar-refractivity contribution in [2.45, 2.75) is 26.9 Å². The lowest BCUT2D eigenvalue weighted by atomic mass is 10.1. The zero-order chi connectivity index (χ0) is 21.6. The fourth-order valence-electron chi connectivity index (χ4n) is 2.27. The first kappa shape index (κ1) is 21.9. The van der Waals surface area contributed by atoms with Crippen LogP contribution in [0, 0.1) is 0 Å². The Morgan fingerprint density at radius 1 is 0.793 bits per heavy atom. The van der Waals surface area contributed by atoms with Crippen molar-refractivity contribution in [3.63, 3.8) is 0 Å². The highest BCUT2D eigenvalue weighted by molar-refractivity contribution is 5.89. The van der Waals surface area contributed by atoms with E-state index >= 15 is 0 Å². The van der Waals surface area contributed by atoms with Gasteiger partial charge in [-0.1, -0.05) is 13.2 Å². The number of hydrogen-bond acceptors (Lipinski definition) is 7. The second-order valence-corrected chi connectivity index (χ2v) is 6.39. The SMILES string of the molecule is C=C(C)C(=O)Oc1ccc(Oc2ccc(OC(=O)C(=C)C)c(CN)c2)cc1CN. The number of benzene rings is 2. The van der Waals surface area contributed by atoms with Gasteiger partial charge in [0.2, 0.25) is 0 Å². The van der Waals surface area contributed by atoms with Gasteiger partial charge in [0.25, 0.3) is 0 Å². The Morgan fingerprint density at radius 3 is 1.48 bits per heavy atom. The van der Waals surface area contributed by atoms with E-state index in [1.165, 1.54) is 0 Å². The van der Waals surface area contributed by atoms with Crippen LogP contribution in [0.3, 0.4) is 0 Å². The first-order chi connectivity index (χ1) is 13.7. The van der Waals surface area contributed by atoms with Crippen molar-refractivity contribution in [2.75, 3.05) is 0 Å². The monoisotopic (exact) mass is 396 g/mol. The molecule has 7 heteroatoms. The molecule has 0 spiro atoms. The third kappa shape index (κ3) is 5.78. The third-order valence-electron chi connectivity index (χ3n) is 3.84. The Labute approximate surface area is 169 Å². The van der Waals surface area contributed by atoms with Gasteiger partial charge in [0.05, 0.1) is 0 Å². The maximum atomic E-state index is 11.7. The number of ether oxygens (including phenoxy) is 3. The molecule has 29 heavy (non-hydrogen) atoms. The van der Waals surface area contributed by atoms with Gasteiger partial charge in [-0.25, -0.2) is 9.59 Å². The van der Waals surface area contributed by atoms with Crippen LogP contribution in [0.2, 0.25) is 0 Å². The van der Waals surface area contributed by atoms with Gasteiger partial charge in [-0.05, 0) is 50.2 Å². The van der Waals surface area contributed by atoms with Gasteiger partial charge in [0, 0.05) is 35.4 Å². The van der Waals surface area contributed by atoms with Gasteiger partial charge in [-0.2, -0.15) is 0 Å². The number of hydrogen-bond donors (Lipinski definition) is 2. The van der Waals surface area contributed by atoms with Gasteiger partial charge < -0.3 is 25.7 Å². The van der Waals surface area contributed by atoms with E-state index in [-0.39, 0.29) is 24.2 Å². The Hall–Kier alpha value is -3.42. The summed E-state index contributed by atoms with van der Waals surface area (Å²) in [6.07, 6.45) is 0. The van der Waals surface area contributed by atoms with Crippen LogP contribution < -0.4 is 25.7 Å². The van der Waals surface area contributed by atoms with Crippen molar-refractivity contribution in [1.29, 1.82) is 0 Å². The van der Waals surface area contributed by atoms with Crippen molar-refractivity contribution >= 4 is 11.9 Å². The maximum Gasteiger partial charge on any atom is 0.338 e. The van der Waals surface area contributed by atoms with Crippen LogP contribution in [-0.4, -0.2) is 11.9 Å². The fraction of sp³-hybridized carbons (Fsp3) is 0.182. The van der Waals surface area contributed by atoms with Crippen LogP contribution in [0.4, 0.5) is 0 Å². The van der Waals surface area contributed by atoms with E-state index < -0.39 is 11.9 Å². The largest absolute Gasteiger partial charge is 0.457 e. The first-order valence-corrected chi connectivity index (χ1v) is 8.84. The molecule has 0 heterocycles. The first-order valence-electron chi connectivity index (χ1n) is 8.84. The van der Waals surface area contributed by atoms with Crippen molar-refractivity contribution in [3.8, 4) is 23.0 Å². The molecule has 0 bridgehead atoms. The van der Waals surface area contributed by atoms with E-state index in [2.05, 4.69) is 13.2 Å². The van der Waals surface area contributed by atoms with Gasteiger partial charge in [-0.3, -0.25) is 0 Å². The van der Waals surface area contributed by atoms with Crippen molar-refractivity contribution < 1.29 is 23.8 Å². The Morgan fingerprint density at radius 2 is 1.17 bits per heavy atom. The van der Waals surface area contributed by atoms with E-state index in [4.69, 9.17) is 25.7 Å². The Kier molecular flexibility index (Phi) is 7.30. The second-order valence-electron chi connectivity index (χ2n) is 6.39. The molecule has 0 aromatic heterocycles. The molecule has 0 aliphatic carbocycles. The molecule has 2 aromatic carbocycles. The average molecular weight is 396 g/mol. The highest BCUT2D eigenvalue weighted by Gasteiger charge is 2.13. The molecule has 0 saturated carbocycles. The molecular formula is C22H24N2O5. The molecule has 7 nitrogen and oxygen atoms in total. The van der Waals surface area contributed by atoms with Gasteiger partial charge in [-0.15, -0.1) is 0 Å². The topological polar surface area (TPSA) is 114 Å².